The van der Waals surface area contributed by atoms with Gasteiger partial charge in [-0.15, -0.1) is 0 Å². The number of aromatic nitrogens is 6. The fraction of sp³-hybridized carbons (Fsp3) is 0.400. The van der Waals surface area contributed by atoms with Crippen LogP contribution in [0, 0.1) is 0 Å². The highest BCUT2D eigenvalue weighted by atomic mass is 15.3. The van der Waals surface area contributed by atoms with E-state index in [2.05, 4.69) is 79.7 Å². The van der Waals surface area contributed by atoms with E-state index in [-0.39, 0.29) is 0 Å². The van der Waals surface area contributed by atoms with Gasteiger partial charge in [-0.05, 0) is 69.3 Å². The number of pyridine rings is 2. The molecule has 2 N–H and O–H groups in total. The summed E-state index contributed by atoms with van der Waals surface area (Å²) in [4.78, 5) is 25.0. The van der Waals surface area contributed by atoms with Crippen molar-refractivity contribution in [2.75, 3.05) is 57.8 Å². The summed E-state index contributed by atoms with van der Waals surface area (Å²) in [5.41, 5.74) is 7.62. The molecule has 4 aromatic rings. The molecule has 39 heavy (non-hydrogen) atoms. The number of piperazine rings is 1. The number of nitrogens with zero attached hydrogens (tertiary/aromatic N) is 7. The van der Waals surface area contributed by atoms with Crippen molar-refractivity contribution in [3.8, 4) is 11.5 Å². The predicted octanol–water partition coefficient (Wildman–Crippen LogP) is 4.65. The number of anilines is 1. The summed E-state index contributed by atoms with van der Waals surface area (Å²) in [5.74, 6) is 0.705. The molecule has 4 aromatic heterocycles. The lowest BCUT2D eigenvalue weighted by Gasteiger charge is -2.34. The van der Waals surface area contributed by atoms with Gasteiger partial charge in [0.1, 0.15) is 11.2 Å². The van der Waals surface area contributed by atoms with Crippen molar-refractivity contribution < 1.29 is 0 Å². The Hall–Kier alpha value is -3.82. The normalized spacial score (nSPS) is 18.4. The van der Waals surface area contributed by atoms with E-state index in [0.717, 1.165) is 84.9 Å². The molecule has 9 heteroatoms. The summed E-state index contributed by atoms with van der Waals surface area (Å²) in [7, 11) is 2.17. The molecule has 2 aliphatic heterocycles. The van der Waals surface area contributed by atoms with Gasteiger partial charge in [0.05, 0.1) is 23.1 Å². The minimum Gasteiger partial charge on any atom is -0.367 e. The number of rotatable bonds is 7. The number of H-pyrrole nitrogens is 2. The smallest absolute Gasteiger partial charge is 0.180 e. The summed E-state index contributed by atoms with van der Waals surface area (Å²) in [6, 6.07) is 4.18. The second-order valence-corrected chi connectivity index (χ2v) is 10.6. The molecule has 2 fully saturated rings. The first-order valence-corrected chi connectivity index (χ1v) is 14.0. The molecule has 202 valence electrons. The lowest BCUT2D eigenvalue weighted by atomic mass is 10.0. The summed E-state index contributed by atoms with van der Waals surface area (Å²) >= 11 is 0. The number of hydrogen-bond acceptors (Lipinski definition) is 7. The van der Waals surface area contributed by atoms with Crippen LogP contribution in [0.2, 0.25) is 0 Å². The zero-order valence-corrected chi connectivity index (χ0v) is 23.0. The van der Waals surface area contributed by atoms with Crippen LogP contribution in [0.15, 0.2) is 54.9 Å². The largest absolute Gasteiger partial charge is 0.367 e. The summed E-state index contributed by atoms with van der Waals surface area (Å²) < 4.78 is 0. The lowest BCUT2D eigenvalue weighted by molar-refractivity contribution is 0.248. The van der Waals surface area contributed by atoms with Gasteiger partial charge in [0.25, 0.3) is 0 Å². The van der Waals surface area contributed by atoms with E-state index in [1.165, 1.54) is 24.8 Å². The van der Waals surface area contributed by atoms with Crippen molar-refractivity contribution in [2.24, 2.45) is 0 Å². The van der Waals surface area contributed by atoms with Gasteiger partial charge in [-0.3, -0.25) is 15.0 Å². The van der Waals surface area contributed by atoms with Gasteiger partial charge in [-0.25, -0.2) is 9.97 Å². The zero-order chi connectivity index (χ0) is 26.8. The third-order valence-corrected chi connectivity index (χ3v) is 7.95. The van der Waals surface area contributed by atoms with Crippen LogP contribution in [0.25, 0.3) is 39.2 Å². The van der Waals surface area contributed by atoms with Crippen molar-refractivity contribution in [1.29, 1.82) is 0 Å². The maximum atomic E-state index is 4.85. The highest BCUT2D eigenvalue weighted by Crippen LogP contribution is 2.31. The Kier molecular flexibility index (Phi) is 7.26. The van der Waals surface area contributed by atoms with Crippen LogP contribution in [-0.4, -0.2) is 92.8 Å². The molecule has 0 bridgehead atoms. The van der Waals surface area contributed by atoms with E-state index in [0.29, 0.717) is 11.5 Å². The molecule has 2 saturated heterocycles. The maximum absolute atomic E-state index is 4.85. The number of likely N-dealkylation sites (N-methyl/N-ethyl adjacent to an activating group) is 1. The van der Waals surface area contributed by atoms with Crippen molar-refractivity contribution in [3.63, 3.8) is 0 Å². The molecule has 0 spiro atoms. The molecule has 0 atom stereocenters. The molecule has 0 aliphatic carbocycles. The number of imidazole rings is 1. The Morgan fingerprint density at radius 3 is 2.67 bits per heavy atom. The molecule has 0 saturated carbocycles. The quantitative estimate of drug-likeness (QED) is 0.341. The van der Waals surface area contributed by atoms with Crippen molar-refractivity contribution in [1.82, 2.24) is 39.9 Å². The number of likely N-dealkylation sites (tertiary alicyclic amines) is 1. The van der Waals surface area contributed by atoms with Crippen LogP contribution in [0.5, 0.6) is 0 Å². The molecule has 6 heterocycles. The van der Waals surface area contributed by atoms with Crippen LogP contribution in [0.4, 0.5) is 5.69 Å². The average molecular weight is 524 g/mol. The van der Waals surface area contributed by atoms with Crippen molar-refractivity contribution >= 4 is 33.3 Å². The van der Waals surface area contributed by atoms with Gasteiger partial charge in [-0.2, -0.15) is 5.10 Å². The third kappa shape index (κ3) is 5.24. The topological polar surface area (TPSA) is 92.9 Å². The predicted molar refractivity (Wildman–Crippen MR) is 159 cm³/mol. The van der Waals surface area contributed by atoms with Crippen molar-refractivity contribution in [3.05, 3.63) is 60.6 Å². The highest BCUT2D eigenvalue weighted by molar-refractivity contribution is 5.96. The maximum Gasteiger partial charge on any atom is 0.180 e. The minimum atomic E-state index is 0.705. The Morgan fingerprint density at radius 1 is 1.08 bits per heavy atom. The summed E-state index contributed by atoms with van der Waals surface area (Å²) in [5, 5.41) is 8.74. The molecule has 2 aliphatic rings. The van der Waals surface area contributed by atoms with E-state index < -0.39 is 0 Å². The van der Waals surface area contributed by atoms with Gasteiger partial charge in [-0.1, -0.05) is 25.2 Å². The first-order valence-electron chi connectivity index (χ1n) is 14.0. The van der Waals surface area contributed by atoms with E-state index in [4.69, 9.17) is 9.97 Å². The fourth-order valence-corrected chi connectivity index (χ4v) is 5.63. The lowest BCUT2D eigenvalue weighted by Crippen LogP contribution is -2.44. The first kappa shape index (κ1) is 25.5. The van der Waals surface area contributed by atoms with Crippen LogP contribution >= 0.6 is 0 Å². The van der Waals surface area contributed by atoms with Gasteiger partial charge in [0.15, 0.2) is 11.5 Å². The number of fused-ring (bicyclic) bond motifs is 2. The van der Waals surface area contributed by atoms with Gasteiger partial charge >= 0.3 is 0 Å². The Labute approximate surface area is 229 Å². The van der Waals surface area contributed by atoms with Gasteiger partial charge in [0.2, 0.25) is 0 Å². The van der Waals surface area contributed by atoms with Crippen LogP contribution in [-0.2, 0) is 0 Å². The number of piperidine rings is 1. The molecule has 0 radical (unpaired) electrons. The second-order valence-electron chi connectivity index (χ2n) is 10.6. The number of hydrogen-bond donors (Lipinski definition) is 2. The highest BCUT2D eigenvalue weighted by Gasteiger charge is 2.21. The molecular formula is C30H37N9. The minimum absolute atomic E-state index is 0.705. The molecule has 9 nitrogen and oxygen atoms in total. The Bertz CT molecular complexity index is 1530. The van der Waals surface area contributed by atoms with Crippen LogP contribution in [0.3, 0.4) is 0 Å². The average Bonchev–Trinajstić information content (AvgIpc) is 3.60. The van der Waals surface area contributed by atoms with E-state index in [1.54, 1.807) is 0 Å². The molecule has 0 aromatic carbocycles. The Morgan fingerprint density at radius 2 is 1.90 bits per heavy atom. The Balaban J connectivity index is 1.32. The summed E-state index contributed by atoms with van der Waals surface area (Å²) in [6.45, 7) is 13.4. The van der Waals surface area contributed by atoms with Crippen molar-refractivity contribution in [2.45, 2.75) is 26.2 Å². The second kappa shape index (κ2) is 11.1. The number of allylic oxidation sites excluding steroid dienone is 3. The summed E-state index contributed by atoms with van der Waals surface area (Å²) in [6.07, 6.45) is 13.9. The third-order valence-electron chi connectivity index (χ3n) is 7.95. The number of nitrogens with one attached hydrogen (secondary N) is 2. The standard InChI is InChI=1S/C30H37N9/c1-4-21(20-38-11-7-6-8-12-38)17-22(5-2)24-18-23-25(19-32-24)35-36-27(23)30-33-28-26(9-10-31-29(28)34-30)39-15-13-37(3)14-16-39/h4-5,9-10,17-19H,1,6-8,11-16,20H2,2-3H3,(H,35,36)(H,31,33,34)/b21-17+,22-5+. The van der Waals surface area contributed by atoms with Gasteiger partial charge < -0.3 is 14.8 Å². The molecular weight excluding hydrogens is 486 g/mol. The fourth-order valence-electron chi connectivity index (χ4n) is 5.63. The van der Waals surface area contributed by atoms with Crippen LogP contribution in [0.1, 0.15) is 31.9 Å². The van der Waals surface area contributed by atoms with E-state index in [1.807, 2.05) is 18.5 Å². The molecule has 6 rings (SSSR count). The number of aromatic amines is 2. The monoisotopic (exact) mass is 523 g/mol. The molecule has 0 unspecified atom stereocenters. The first-order chi connectivity index (χ1) is 19.1. The SMILES string of the molecule is C=C/C(=C\C(=C/C)c1cc2c(-c3nc4nccc(N5CCN(C)CC5)c4[nH]3)n[nH]c2cn1)CN1CCCCC1. The van der Waals surface area contributed by atoms with E-state index >= 15 is 0 Å². The van der Waals surface area contributed by atoms with Crippen LogP contribution < -0.4 is 4.90 Å². The van der Waals surface area contributed by atoms with Gasteiger partial charge in [0, 0.05) is 44.3 Å². The zero-order valence-electron chi connectivity index (χ0n) is 23.0. The van der Waals surface area contributed by atoms with E-state index in [9.17, 15) is 0 Å². The molecule has 0 amide bonds.